The second kappa shape index (κ2) is 4.39. The highest BCUT2D eigenvalue weighted by atomic mass is 15.2. The smallest absolute Gasteiger partial charge is 0.0853 e. The van der Waals surface area contributed by atoms with Crippen LogP contribution in [0.1, 0.15) is 24.4 Å². The van der Waals surface area contributed by atoms with Gasteiger partial charge in [-0.25, -0.2) is 0 Å². The first-order chi connectivity index (χ1) is 11.9. The van der Waals surface area contributed by atoms with Crippen LogP contribution in [0.5, 0.6) is 0 Å². The molecule has 2 aliphatic carbocycles. The number of anilines is 1. The fourth-order valence-corrected chi connectivity index (χ4v) is 4.82. The summed E-state index contributed by atoms with van der Waals surface area (Å²) in [5.41, 5.74) is 11.5. The maximum atomic E-state index is 2.57. The van der Waals surface area contributed by atoms with Gasteiger partial charge in [0.05, 0.1) is 6.04 Å². The van der Waals surface area contributed by atoms with Crippen LogP contribution in [0.15, 0.2) is 95.3 Å². The summed E-state index contributed by atoms with van der Waals surface area (Å²) in [6.45, 7) is 0. The lowest BCUT2D eigenvalue weighted by molar-refractivity contribution is 0.755. The Hall–Kier alpha value is -2.80. The van der Waals surface area contributed by atoms with Crippen LogP contribution in [0.4, 0.5) is 5.69 Å². The molecule has 0 bridgehead atoms. The molecule has 0 saturated carbocycles. The lowest BCUT2D eigenvalue weighted by Gasteiger charge is -2.44. The average molecular weight is 307 g/mol. The van der Waals surface area contributed by atoms with Gasteiger partial charge in [-0.2, -0.15) is 0 Å². The van der Waals surface area contributed by atoms with E-state index in [1.165, 1.54) is 39.2 Å². The first-order valence-electron chi connectivity index (χ1n) is 8.71. The molecule has 6 rings (SSSR count). The van der Waals surface area contributed by atoms with Crippen molar-refractivity contribution in [3.05, 3.63) is 101 Å². The van der Waals surface area contributed by atoms with E-state index in [-0.39, 0.29) is 0 Å². The van der Waals surface area contributed by atoms with Gasteiger partial charge in [0, 0.05) is 16.9 Å². The largest absolute Gasteiger partial charge is 0.329 e. The molecule has 4 aliphatic rings. The van der Waals surface area contributed by atoms with Gasteiger partial charge in [0.15, 0.2) is 0 Å². The molecule has 2 aromatic carbocycles. The first-order valence-corrected chi connectivity index (χ1v) is 8.71. The Morgan fingerprint density at radius 2 is 1.50 bits per heavy atom. The molecule has 2 aliphatic heterocycles. The van der Waals surface area contributed by atoms with Gasteiger partial charge in [-0.15, -0.1) is 0 Å². The van der Waals surface area contributed by atoms with Crippen LogP contribution in [0.2, 0.25) is 0 Å². The number of fused-ring (bicyclic) bond motifs is 9. The lowest BCUT2D eigenvalue weighted by Crippen LogP contribution is -2.35. The van der Waals surface area contributed by atoms with Crippen LogP contribution in [-0.4, -0.2) is 0 Å². The maximum Gasteiger partial charge on any atom is 0.0853 e. The number of benzene rings is 2. The van der Waals surface area contributed by atoms with Gasteiger partial charge in [0.25, 0.3) is 0 Å². The Morgan fingerprint density at radius 1 is 0.750 bits per heavy atom. The molecule has 0 amide bonds. The third-order valence-corrected chi connectivity index (χ3v) is 5.76. The zero-order valence-corrected chi connectivity index (χ0v) is 13.4. The fraction of sp³-hybridized carbons (Fsp3) is 0.130. The molecule has 2 heterocycles. The molecule has 0 spiro atoms. The van der Waals surface area contributed by atoms with Crippen molar-refractivity contribution in [1.82, 2.24) is 0 Å². The van der Waals surface area contributed by atoms with Crippen LogP contribution < -0.4 is 4.90 Å². The molecule has 1 unspecified atom stereocenters. The lowest BCUT2D eigenvalue weighted by atomic mass is 9.80. The van der Waals surface area contributed by atoms with E-state index in [4.69, 9.17) is 0 Å². The summed E-state index contributed by atoms with van der Waals surface area (Å²) in [4.78, 5) is 2.57. The predicted molar refractivity (Wildman–Crippen MR) is 98.7 cm³/mol. The summed E-state index contributed by atoms with van der Waals surface area (Å²) in [7, 11) is 0. The fourth-order valence-electron chi connectivity index (χ4n) is 4.82. The molecule has 114 valence electrons. The van der Waals surface area contributed by atoms with E-state index in [9.17, 15) is 0 Å². The minimum absolute atomic E-state index is 0.311. The van der Waals surface area contributed by atoms with Gasteiger partial charge in [-0.3, -0.25) is 0 Å². The monoisotopic (exact) mass is 307 g/mol. The van der Waals surface area contributed by atoms with E-state index in [0.29, 0.717) is 6.04 Å². The highest BCUT2D eigenvalue weighted by Gasteiger charge is 2.40. The Labute approximate surface area is 141 Å². The van der Waals surface area contributed by atoms with Crippen molar-refractivity contribution >= 4 is 5.69 Å². The number of rotatable bonds is 0. The summed E-state index contributed by atoms with van der Waals surface area (Å²) in [6.07, 6.45) is 11.5. The third-order valence-electron chi connectivity index (χ3n) is 5.76. The van der Waals surface area contributed by atoms with Crippen molar-refractivity contribution in [2.75, 3.05) is 4.90 Å². The summed E-state index contributed by atoms with van der Waals surface area (Å²) in [5, 5.41) is 0. The van der Waals surface area contributed by atoms with E-state index in [1.807, 2.05) is 0 Å². The van der Waals surface area contributed by atoms with E-state index in [2.05, 4.69) is 77.7 Å². The Balaban J connectivity index is 1.73. The molecular weight excluding hydrogens is 290 g/mol. The molecule has 1 nitrogen and oxygen atoms in total. The Kier molecular flexibility index (Phi) is 2.30. The highest BCUT2D eigenvalue weighted by molar-refractivity contribution is 5.89. The van der Waals surface area contributed by atoms with E-state index in [0.717, 1.165) is 12.8 Å². The van der Waals surface area contributed by atoms with Gasteiger partial charge >= 0.3 is 0 Å². The summed E-state index contributed by atoms with van der Waals surface area (Å²) >= 11 is 0. The van der Waals surface area contributed by atoms with Gasteiger partial charge in [-0.1, -0.05) is 60.7 Å². The molecule has 0 saturated heterocycles. The van der Waals surface area contributed by atoms with Crippen LogP contribution in [0.3, 0.4) is 0 Å². The first kappa shape index (κ1) is 12.6. The van der Waals surface area contributed by atoms with E-state index < -0.39 is 0 Å². The number of hydrogen-bond donors (Lipinski definition) is 0. The molecule has 0 fully saturated rings. The zero-order chi connectivity index (χ0) is 15.7. The third kappa shape index (κ3) is 1.41. The maximum absolute atomic E-state index is 2.57. The van der Waals surface area contributed by atoms with Gasteiger partial charge in [-0.05, 0) is 52.8 Å². The molecule has 1 atom stereocenters. The van der Waals surface area contributed by atoms with Crippen LogP contribution in [-0.2, 0) is 0 Å². The van der Waals surface area contributed by atoms with Crippen molar-refractivity contribution in [3.8, 4) is 11.1 Å². The van der Waals surface area contributed by atoms with Crippen LogP contribution in [0, 0.1) is 0 Å². The van der Waals surface area contributed by atoms with Gasteiger partial charge in [0.1, 0.15) is 0 Å². The topological polar surface area (TPSA) is 3.24 Å². The predicted octanol–water partition coefficient (Wildman–Crippen LogP) is 5.70. The molecular formula is C23H17N. The normalized spacial score (nSPS) is 22.3. The van der Waals surface area contributed by atoms with Crippen molar-refractivity contribution in [3.63, 3.8) is 0 Å². The SMILES string of the molecule is C1=CC2=C(C1)C1=C(C=CC1)N1c3ccccc3-c3ccccc3C21. The van der Waals surface area contributed by atoms with Crippen LogP contribution in [0.25, 0.3) is 11.1 Å². The molecule has 0 aromatic heterocycles. The van der Waals surface area contributed by atoms with Gasteiger partial charge < -0.3 is 4.90 Å². The quantitative estimate of drug-likeness (QED) is 0.603. The second-order valence-corrected chi connectivity index (χ2v) is 6.89. The Morgan fingerprint density at radius 3 is 2.46 bits per heavy atom. The van der Waals surface area contributed by atoms with Crippen molar-refractivity contribution < 1.29 is 0 Å². The molecule has 24 heavy (non-hydrogen) atoms. The average Bonchev–Trinajstić information content (AvgIpc) is 3.30. The molecule has 0 radical (unpaired) electrons. The van der Waals surface area contributed by atoms with E-state index in [1.54, 1.807) is 5.57 Å². The molecule has 0 N–H and O–H groups in total. The van der Waals surface area contributed by atoms with Crippen molar-refractivity contribution in [1.29, 1.82) is 0 Å². The van der Waals surface area contributed by atoms with Crippen LogP contribution >= 0.6 is 0 Å². The molecule has 1 heteroatoms. The van der Waals surface area contributed by atoms with E-state index >= 15 is 0 Å². The number of para-hydroxylation sites is 1. The molecule has 2 aromatic rings. The summed E-state index contributed by atoms with van der Waals surface area (Å²) in [6, 6.07) is 18.1. The summed E-state index contributed by atoms with van der Waals surface area (Å²) in [5.74, 6) is 0. The minimum atomic E-state index is 0.311. The van der Waals surface area contributed by atoms with Gasteiger partial charge in [0.2, 0.25) is 0 Å². The highest BCUT2D eigenvalue weighted by Crippen LogP contribution is 2.55. The van der Waals surface area contributed by atoms with Crippen molar-refractivity contribution in [2.24, 2.45) is 0 Å². The number of nitrogens with zero attached hydrogens (tertiary/aromatic N) is 1. The number of allylic oxidation sites excluding steroid dienone is 5. The Bertz CT molecular complexity index is 932. The van der Waals surface area contributed by atoms with Crippen molar-refractivity contribution in [2.45, 2.75) is 18.9 Å². The second-order valence-electron chi connectivity index (χ2n) is 6.89. The summed E-state index contributed by atoms with van der Waals surface area (Å²) < 4.78 is 0. The number of hydrogen-bond acceptors (Lipinski definition) is 1. The zero-order valence-electron chi connectivity index (χ0n) is 13.4. The standard InChI is InChI=1S/C23H17N/c1-2-9-19-15(7-1)17-8-3-4-13-21(17)24-22-14-6-11-18(22)16-10-5-12-20(16)23(19)24/h1-9,12-14,23H,10-11H2. The minimum Gasteiger partial charge on any atom is -0.329 e.